The Kier molecular flexibility index (Phi) is 2.21. The first kappa shape index (κ1) is 9.15. The van der Waals surface area contributed by atoms with Crippen molar-refractivity contribution in [1.29, 1.82) is 0 Å². The monoisotopic (exact) mass is 196 g/mol. The standard InChI is InChI=1S/C10H9FO3/c1-13-10(12)9-8(14-9)6-4-2-3-5-7(6)11/h2-5,8-9H,1H3. The topological polar surface area (TPSA) is 38.8 Å². The molecule has 3 nitrogen and oxygen atoms in total. The predicted octanol–water partition coefficient (Wildman–Crippen LogP) is 1.44. The first-order valence-corrected chi connectivity index (χ1v) is 4.21. The lowest BCUT2D eigenvalue weighted by Crippen LogP contribution is -2.09. The number of methoxy groups -OCH3 is 1. The molecule has 4 heteroatoms. The normalized spacial score (nSPS) is 24.4. The zero-order valence-electron chi connectivity index (χ0n) is 7.57. The zero-order valence-corrected chi connectivity index (χ0v) is 7.57. The van der Waals surface area contributed by atoms with Crippen LogP contribution in [0.15, 0.2) is 24.3 Å². The minimum absolute atomic E-state index is 0.357. The van der Waals surface area contributed by atoms with Crippen LogP contribution in [0.5, 0.6) is 0 Å². The van der Waals surface area contributed by atoms with Crippen LogP contribution in [0.2, 0.25) is 0 Å². The molecule has 1 heterocycles. The molecule has 0 saturated carbocycles. The molecule has 0 radical (unpaired) electrons. The van der Waals surface area contributed by atoms with E-state index in [9.17, 15) is 9.18 Å². The largest absolute Gasteiger partial charge is 0.467 e. The molecule has 1 fully saturated rings. The Hall–Kier alpha value is -1.42. The molecule has 1 aromatic rings. The number of ether oxygens (including phenoxy) is 2. The molecular weight excluding hydrogens is 187 g/mol. The van der Waals surface area contributed by atoms with Gasteiger partial charge in [0.2, 0.25) is 0 Å². The van der Waals surface area contributed by atoms with Crippen LogP contribution < -0.4 is 0 Å². The van der Waals surface area contributed by atoms with Gasteiger partial charge in [0.1, 0.15) is 11.9 Å². The molecular formula is C10H9FO3. The number of hydrogen-bond donors (Lipinski definition) is 0. The van der Waals surface area contributed by atoms with Crippen molar-refractivity contribution in [3.8, 4) is 0 Å². The van der Waals surface area contributed by atoms with Gasteiger partial charge in [0, 0.05) is 5.56 Å². The van der Waals surface area contributed by atoms with Crippen LogP contribution in [0.1, 0.15) is 11.7 Å². The number of esters is 1. The summed E-state index contributed by atoms with van der Waals surface area (Å²) < 4.78 is 22.7. The molecule has 2 unspecified atom stereocenters. The second-order valence-electron chi connectivity index (χ2n) is 3.02. The number of carbonyl (C=O) groups is 1. The Labute approximate surface area is 80.4 Å². The van der Waals surface area contributed by atoms with E-state index in [0.29, 0.717) is 5.56 Å². The van der Waals surface area contributed by atoms with E-state index in [1.54, 1.807) is 18.2 Å². The number of epoxide rings is 1. The Morgan fingerprint density at radius 2 is 2.21 bits per heavy atom. The van der Waals surface area contributed by atoms with Gasteiger partial charge in [-0.15, -0.1) is 0 Å². The van der Waals surface area contributed by atoms with Crippen molar-refractivity contribution >= 4 is 5.97 Å². The van der Waals surface area contributed by atoms with E-state index in [2.05, 4.69) is 4.74 Å². The highest BCUT2D eigenvalue weighted by Crippen LogP contribution is 2.40. The van der Waals surface area contributed by atoms with Gasteiger partial charge in [-0.1, -0.05) is 18.2 Å². The van der Waals surface area contributed by atoms with Crippen molar-refractivity contribution in [2.75, 3.05) is 7.11 Å². The van der Waals surface area contributed by atoms with Gasteiger partial charge in [-0.3, -0.25) is 0 Å². The van der Waals surface area contributed by atoms with Crippen LogP contribution in [0.25, 0.3) is 0 Å². The number of rotatable bonds is 2. The van der Waals surface area contributed by atoms with Crippen molar-refractivity contribution in [3.05, 3.63) is 35.6 Å². The maximum Gasteiger partial charge on any atom is 0.338 e. The van der Waals surface area contributed by atoms with Crippen molar-refractivity contribution in [2.45, 2.75) is 12.2 Å². The smallest absolute Gasteiger partial charge is 0.338 e. The van der Waals surface area contributed by atoms with E-state index < -0.39 is 18.2 Å². The van der Waals surface area contributed by atoms with Crippen molar-refractivity contribution < 1.29 is 18.7 Å². The summed E-state index contributed by atoms with van der Waals surface area (Å²) in [5.41, 5.74) is 0.405. The molecule has 0 aliphatic carbocycles. The Bertz CT molecular complexity index is 364. The maximum atomic E-state index is 13.2. The molecule has 1 aromatic carbocycles. The van der Waals surface area contributed by atoms with Crippen LogP contribution in [0, 0.1) is 5.82 Å². The number of benzene rings is 1. The van der Waals surface area contributed by atoms with E-state index in [1.807, 2.05) is 0 Å². The van der Waals surface area contributed by atoms with E-state index in [-0.39, 0.29) is 5.82 Å². The highest BCUT2D eigenvalue weighted by molar-refractivity contribution is 5.78. The predicted molar refractivity (Wildman–Crippen MR) is 46.0 cm³/mol. The minimum Gasteiger partial charge on any atom is -0.467 e. The quantitative estimate of drug-likeness (QED) is 0.530. The summed E-state index contributed by atoms with van der Waals surface area (Å²) in [6.07, 6.45) is -1.12. The molecule has 74 valence electrons. The van der Waals surface area contributed by atoms with Gasteiger partial charge in [0.15, 0.2) is 6.10 Å². The fourth-order valence-corrected chi connectivity index (χ4v) is 1.35. The molecule has 0 bridgehead atoms. The van der Waals surface area contributed by atoms with Crippen molar-refractivity contribution in [2.24, 2.45) is 0 Å². The first-order valence-electron chi connectivity index (χ1n) is 4.21. The minimum atomic E-state index is -0.642. The van der Waals surface area contributed by atoms with Gasteiger partial charge >= 0.3 is 5.97 Å². The van der Waals surface area contributed by atoms with E-state index >= 15 is 0 Å². The third-order valence-electron chi connectivity index (χ3n) is 2.14. The lowest BCUT2D eigenvalue weighted by atomic mass is 10.1. The summed E-state index contributed by atoms with van der Waals surface area (Å²) >= 11 is 0. The second-order valence-corrected chi connectivity index (χ2v) is 3.02. The van der Waals surface area contributed by atoms with E-state index in [4.69, 9.17) is 4.74 Å². The average Bonchev–Trinajstić information content (AvgIpc) is 2.97. The van der Waals surface area contributed by atoms with Crippen LogP contribution in [-0.4, -0.2) is 19.2 Å². The van der Waals surface area contributed by atoms with Gasteiger partial charge in [-0.05, 0) is 6.07 Å². The van der Waals surface area contributed by atoms with E-state index in [1.165, 1.54) is 13.2 Å². The molecule has 2 atom stereocenters. The van der Waals surface area contributed by atoms with Crippen molar-refractivity contribution in [3.63, 3.8) is 0 Å². The summed E-state index contributed by atoms with van der Waals surface area (Å²) in [5.74, 6) is -0.817. The fourth-order valence-electron chi connectivity index (χ4n) is 1.35. The van der Waals surface area contributed by atoms with E-state index in [0.717, 1.165) is 0 Å². The van der Waals surface area contributed by atoms with Gasteiger partial charge in [0.25, 0.3) is 0 Å². The maximum absolute atomic E-state index is 13.2. The number of carbonyl (C=O) groups excluding carboxylic acids is 1. The number of hydrogen-bond acceptors (Lipinski definition) is 3. The zero-order chi connectivity index (χ0) is 10.1. The number of halogens is 1. The SMILES string of the molecule is COC(=O)C1OC1c1ccccc1F. The van der Waals surface area contributed by atoms with Crippen LogP contribution >= 0.6 is 0 Å². The molecule has 2 rings (SSSR count). The first-order chi connectivity index (χ1) is 6.74. The van der Waals surface area contributed by atoms with Crippen LogP contribution in [-0.2, 0) is 14.3 Å². The van der Waals surface area contributed by atoms with Crippen molar-refractivity contribution in [1.82, 2.24) is 0 Å². The summed E-state index contributed by atoms with van der Waals surface area (Å²) in [5, 5.41) is 0. The average molecular weight is 196 g/mol. The third kappa shape index (κ3) is 1.48. The van der Waals surface area contributed by atoms with Crippen LogP contribution in [0.3, 0.4) is 0 Å². The highest BCUT2D eigenvalue weighted by Gasteiger charge is 2.48. The highest BCUT2D eigenvalue weighted by atomic mass is 19.1. The molecule has 0 amide bonds. The summed E-state index contributed by atoms with van der Waals surface area (Å²) in [7, 11) is 1.28. The second kappa shape index (κ2) is 3.38. The lowest BCUT2D eigenvalue weighted by molar-refractivity contribution is -0.142. The summed E-state index contributed by atoms with van der Waals surface area (Å²) in [6, 6.07) is 6.23. The van der Waals surface area contributed by atoms with Gasteiger partial charge in [0.05, 0.1) is 7.11 Å². The molecule has 0 aromatic heterocycles. The fraction of sp³-hybridized carbons (Fsp3) is 0.300. The summed E-state index contributed by atoms with van der Waals surface area (Å²) in [6.45, 7) is 0. The van der Waals surface area contributed by atoms with Gasteiger partial charge < -0.3 is 9.47 Å². The molecule has 0 spiro atoms. The Balaban J connectivity index is 2.13. The Morgan fingerprint density at radius 3 is 2.86 bits per heavy atom. The van der Waals surface area contributed by atoms with Crippen LogP contribution in [0.4, 0.5) is 4.39 Å². The third-order valence-corrected chi connectivity index (χ3v) is 2.14. The molecule has 1 saturated heterocycles. The Morgan fingerprint density at radius 1 is 1.50 bits per heavy atom. The lowest BCUT2D eigenvalue weighted by Gasteiger charge is -1.97. The molecule has 14 heavy (non-hydrogen) atoms. The van der Waals surface area contributed by atoms with Gasteiger partial charge in [-0.25, -0.2) is 9.18 Å². The molecule has 1 aliphatic heterocycles. The molecule has 0 N–H and O–H groups in total. The summed E-state index contributed by atoms with van der Waals surface area (Å²) in [4.78, 5) is 11.0. The van der Waals surface area contributed by atoms with Gasteiger partial charge in [-0.2, -0.15) is 0 Å². The molecule has 1 aliphatic rings.